The van der Waals surface area contributed by atoms with Gasteiger partial charge in [0.2, 0.25) is 0 Å². The van der Waals surface area contributed by atoms with E-state index in [1.165, 1.54) is 0 Å². The Bertz CT molecular complexity index is 1110. The van der Waals surface area contributed by atoms with Gasteiger partial charge in [0.1, 0.15) is 22.6 Å². The zero-order chi connectivity index (χ0) is 27.4. The highest BCUT2D eigenvalue weighted by molar-refractivity contribution is 14.1. The monoisotopic (exact) mass is 681 g/mol. The van der Waals surface area contributed by atoms with Gasteiger partial charge in [-0.2, -0.15) is 4.98 Å². The van der Waals surface area contributed by atoms with Crippen LogP contribution in [0, 0.1) is 3.70 Å². The van der Waals surface area contributed by atoms with E-state index in [-0.39, 0.29) is 28.4 Å². The summed E-state index contributed by atoms with van der Waals surface area (Å²) in [5, 5.41) is 0.321. The van der Waals surface area contributed by atoms with Gasteiger partial charge in [-0.25, -0.2) is 4.98 Å². The second kappa shape index (κ2) is 10.6. The largest absolute Gasteiger partial charge is 0.456 e. The van der Waals surface area contributed by atoms with E-state index in [1.807, 2.05) is 10.6 Å². The molecular weight excluding hydrogens is 641 g/mol. The van der Waals surface area contributed by atoms with Crippen molar-refractivity contribution in [3.8, 4) is 6.01 Å². The molecule has 0 N–H and O–H groups in total. The Kier molecular flexibility index (Phi) is 8.51. The lowest BCUT2D eigenvalue weighted by atomic mass is 10.1. The molecule has 2 aromatic heterocycles. The van der Waals surface area contributed by atoms with Crippen LogP contribution in [-0.4, -0.2) is 69.3 Å². The normalized spacial score (nSPS) is 24.5. The van der Waals surface area contributed by atoms with Crippen molar-refractivity contribution in [1.29, 1.82) is 0 Å². The third kappa shape index (κ3) is 6.08. The van der Waals surface area contributed by atoms with Crippen LogP contribution in [0.2, 0.25) is 40.8 Å². The van der Waals surface area contributed by atoms with Gasteiger partial charge in [-0.05, 0) is 34.7 Å². The lowest BCUT2D eigenvalue weighted by Crippen LogP contribution is -2.65. The van der Waals surface area contributed by atoms with Gasteiger partial charge in [-0.15, -0.1) is 0 Å². The number of aromatic nitrogens is 3. The van der Waals surface area contributed by atoms with Crippen LogP contribution in [0.3, 0.4) is 0 Å². The predicted molar refractivity (Wildman–Crippen MR) is 160 cm³/mol. The number of nitrogens with zero attached hydrogens (tertiary/aromatic N) is 3. The smallest absolute Gasteiger partial charge is 0.349 e. The van der Waals surface area contributed by atoms with Crippen molar-refractivity contribution in [3.05, 3.63) is 14.8 Å². The first-order valence-corrected chi connectivity index (χ1v) is 19.9. The van der Waals surface area contributed by atoms with Crippen LogP contribution in [0.25, 0.3) is 11.2 Å². The fourth-order valence-corrected chi connectivity index (χ4v) is 11.5. The van der Waals surface area contributed by atoms with Crippen molar-refractivity contribution < 1.29 is 23.1 Å². The molecule has 0 aromatic carbocycles. The van der Waals surface area contributed by atoms with E-state index in [9.17, 15) is 0 Å². The molecule has 0 spiro atoms. The maximum Gasteiger partial charge on any atom is 0.349 e. The zero-order valence-electron chi connectivity index (χ0n) is 23.5. The van der Waals surface area contributed by atoms with Crippen LogP contribution >= 0.6 is 34.2 Å². The van der Waals surface area contributed by atoms with Gasteiger partial charge >= 0.3 is 14.6 Å². The molecule has 2 fully saturated rings. The molecule has 2 aromatic rings. The second-order valence-electron chi connectivity index (χ2n) is 13.3. The third-order valence-electron chi connectivity index (χ3n) is 7.03. The molecule has 3 atom stereocenters. The summed E-state index contributed by atoms with van der Waals surface area (Å²) in [6.45, 7) is 22.2. The average Bonchev–Trinajstić information content (AvgIpc) is 3.30. The molecule has 2 saturated heterocycles. The lowest BCUT2D eigenvalue weighted by Gasteiger charge is -2.53. The molecule has 0 amide bonds. The van der Waals surface area contributed by atoms with E-state index in [0.717, 1.165) is 11.6 Å². The van der Waals surface area contributed by atoms with E-state index < -0.39 is 16.6 Å². The number of fused-ring (bicyclic) bond motifs is 2. The highest BCUT2D eigenvalue weighted by atomic mass is 127. The summed E-state index contributed by atoms with van der Waals surface area (Å²) in [4.78, 5) is 9.33. The second-order valence-corrected chi connectivity index (χ2v) is 25.1. The van der Waals surface area contributed by atoms with E-state index >= 15 is 0 Å². The number of pyridine rings is 1. The quantitative estimate of drug-likeness (QED) is 0.141. The van der Waals surface area contributed by atoms with Crippen molar-refractivity contribution in [2.75, 3.05) is 19.8 Å². The van der Waals surface area contributed by atoms with Crippen molar-refractivity contribution in [1.82, 2.24) is 14.5 Å². The molecule has 0 saturated carbocycles. The number of halogens is 2. The van der Waals surface area contributed by atoms with Crippen LogP contribution in [0.15, 0.2) is 6.07 Å². The van der Waals surface area contributed by atoms with Gasteiger partial charge in [0, 0.05) is 24.8 Å². The molecule has 4 heterocycles. The Hall–Kier alpha value is -0.286. The summed E-state index contributed by atoms with van der Waals surface area (Å²) in [7, 11) is -3.89. The summed E-state index contributed by atoms with van der Waals surface area (Å²) < 4.78 is 34.9. The first-order chi connectivity index (χ1) is 17.0. The fourth-order valence-electron chi connectivity index (χ4n) is 5.25. The molecule has 0 unspecified atom stereocenters. The molecule has 2 aliphatic rings. The van der Waals surface area contributed by atoms with Gasteiger partial charge < -0.3 is 23.1 Å². The minimum atomic E-state index is -2.67. The Labute approximate surface area is 241 Å². The number of rotatable bonds is 7. The highest BCUT2D eigenvalue weighted by Crippen LogP contribution is 2.55. The summed E-state index contributed by atoms with van der Waals surface area (Å²) in [5.74, 6) is 0. The van der Waals surface area contributed by atoms with Crippen LogP contribution in [0.1, 0.15) is 41.5 Å². The fraction of sp³-hybridized carbons (Fsp3) is 0.760. The Morgan fingerprint density at radius 2 is 1.81 bits per heavy atom. The van der Waals surface area contributed by atoms with Crippen LogP contribution in [0.4, 0.5) is 0 Å². The molecule has 12 heteroatoms. The zero-order valence-corrected chi connectivity index (χ0v) is 28.4. The number of imidazole rings is 1. The highest BCUT2D eigenvalue weighted by Gasteiger charge is 2.64. The Morgan fingerprint density at radius 1 is 1.14 bits per heavy atom. The molecule has 0 aliphatic carbocycles. The third-order valence-corrected chi connectivity index (χ3v) is 15.3. The lowest BCUT2D eigenvalue weighted by molar-refractivity contribution is -0.0660. The Balaban J connectivity index is 1.62. The predicted octanol–water partition coefficient (Wildman–Crippen LogP) is 6.61. The first kappa shape index (κ1) is 29.7. The summed E-state index contributed by atoms with van der Waals surface area (Å²) in [6.07, 6.45) is -0.733. The molecule has 37 heavy (non-hydrogen) atoms. The standard InChI is InChI=1S/C25H41ClIN3O5Si2/c1-24(2,3)37(25(4,5)6)33-14-18-20(35-37)19(13-32-18)34-23-29-22-17(12-16(26)21(27)28-22)30(23)15-31-10-11-36(7,8)9/h12,18-20H,10-11,13-15H2,1-9H3/t18-,19-,20-/m1/s1. The van der Waals surface area contributed by atoms with Gasteiger partial charge in [0.05, 0.1) is 23.8 Å². The summed E-state index contributed by atoms with van der Waals surface area (Å²) >= 11 is 8.55. The maximum absolute atomic E-state index is 6.96. The maximum atomic E-state index is 6.96. The Morgan fingerprint density at radius 3 is 2.43 bits per heavy atom. The summed E-state index contributed by atoms with van der Waals surface area (Å²) in [5.41, 5.74) is 1.36. The molecule has 8 nitrogen and oxygen atoms in total. The van der Waals surface area contributed by atoms with Crippen molar-refractivity contribution in [2.45, 2.75) is 102 Å². The number of ether oxygens (including phenoxy) is 3. The van der Waals surface area contributed by atoms with Crippen LogP contribution in [-0.2, 0) is 25.1 Å². The van der Waals surface area contributed by atoms with E-state index in [4.69, 9.17) is 39.6 Å². The molecule has 4 rings (SSSR count). The van der Waals surface area contributed by atoms with Crippen molar-refractivity contribution in [3.63, 3.8) is 0 Å². The molecule has 2 aliphatic heterocycles. The van der Waals surface area contributed by atoms with Crippen molar-refractivity contribution in [2.24, 2.45) is 0 Å². The van der Waals surface area contributed by atoms with Crippen LogP contribution in [0.5, 0.6) is 6.01 Å². The number of hydrogen-bond donors (Lipinski definition) is 0. The van der Waals surface area contributed by atoms with Gasteiger partial charge in [0.25, 0.3) is 0 Å². The minimum absolute atomic E-state index is 0.127. The van der Waals surface area contributed by atoms with E-state index in [2.05, 4.69) is 88.8 Å². The summed E-state index contributed by atoms with van der Waals surface area (Å²) in [6, 6.07) is 3.40. The minimum Gasteiger partial charge on any atom is -0.456 e. The van der Waals surface area contributed by atoms with Crippen LogP contribution < -0.4 is 4.74 Å². The van der Waals surface area contributed by atoms with Gasteiger partial charge in [-0.3, -0.25) is 4.57 Å². The first-order valence-electron chi connectivity index (χ1n) is 12.9. The van der Waals surface area contributed by atoms with Crippen molar-refractivity contribution >= 4 is 62.0 Å². The number of hydrogen-bond acceptors (Lipinski definition) is 7. The van der Waals surface area contributed by atoms with Gasteiger partial charge in [-0.1, -0.05) is 72.8 Å². The molecule has 208 valence electrons. The SMILES string of the molecule is CC(C)(C)[Si]1(C(C)(C)C)OC[C@H]2OC[C@@H](Oc3nc4nc(I)c(Cl)cc4n3COCC[Si](C)(C)C)[C@@H]2O1. The van der Waals surface area contributed by atoms with E-state index in [1.54, 1.807) is 0 Å². The van der Waals surface area contributed by atoms with E-state index in [0.29, 0.717) is 46.9 Å². The molecular formula is C25H41ClIN3O5Si2. The molecule has 0 bridgehead atoms. The molecule has 0 radical (unpaired) electrons. The van der Waals surface area contributed by atoms with Gasteiger partial charge in [0.15, 0.2) is 11.8 Å². The average molecular weight is 682 g/mol. The topological polar surface area (TPSA) is 76.9 Å².